The molecule has 4 nitrogen and oxygen atoms in total. The molecule has 2 aliphatic rings. The van der Waals surface area contributed by atoms with Crippen molar-refractivity contribution in [1.82, 2.24) is 0 Å². The molecule has 1 heterocycles. The molecule has 1 aliphatic carbocycles. The monoisotopic (exact) mass is 382 g/mol. The summed E-state index contributed by atoms with van der Waals surface area (Å²) < 4.78 is 11.5. The van der Waals surface area contributed by atoms with Gasteiger partial charge >= 0.3 is 0 Å². The van der Waals surface area contributed by atoms with Crippen LogP contribution < -0.4 is 0 Å². The summed E-state index contributed by atoms with van der Waals surface area (Å²) in [5.74, 6) is 0.226. The molecular formula is C24H30O4. The van der Waals surface area contributed by atoms with E-state index < -0.39 is 0 Å². The molecule has 1 fully saturated rings. The van der Waals surface area contributed by atoms with Crippen LogP contribution in [0.1, 0.15) is 74.9 Å². The second kappa shape index (κ2) is 9.44. The lowest BCUT2D eigenvalue weighted by Gasteiger charge is -2.26. The first-order valence-corrected chi connectivity index (χ1v) is 10.2. The van der Waals surface area contributed by atoms with E-state index in [2.05, 4.69) is 6.08 Å². The largest absolute Gasteiger partial charge is 0.381 e. The van der Waals surface area contributed by atoms with Crippen molar-refractivity contribution in [2.45, 2.75) is 65.1 Å². The SMILES string of the molecule is CC1=CC(C)=C(CCC(=O)c2ccc(C(C)OC3CCOCC3)cc2)C(=O)C1. The summed E-state index contributed by atoms with van der Waals surface area (Å²) in [5.41, 5.74) is 4.65. The summed E-state index contributed by atoms with van der Waals surface area (Å²) in [6.07, 6.45) is 5.50. The molecule has 1 aliphatic heterocycles. The molecule has 1 aromatic carbocycles. The Bertz CT molecular complexity index is 779. The smallest absolute Gasteiger partial charge is 0.163 e. The lowest BCUT2D eigenvalue weighted by Crippen LogP contribution is -2.24. The number of Topliss-reactive ketones (excluding diaryl/α,β-unsaturated/α-hetero) is 2. The minimum Gasteiger partial charge on any atom is -0.381 e. The highest BCUT2D eigenvalue weighted by Gasteiger charge is 2.20. The summed E-state index contributed by atoms with van der Waals surface area (Å²) in [6, 6.07) is 7.68. The van der Waals surface area contributed by atoms with Gasteiger partial charge in [-0.3, -0.25) is 9.59 Å². The molecule has 0 amide bonds. The van der Waals surface area contributed by atoms with Gasteiger partial charge in [-0.05, 0) is 56.7 Å². The van der Waals surface area contributed by atoms with E-state index in [0.29, 0.717) is 24.8 Å². The van der Waals surface area contributed by atoms with Crippen LogP contribution in [0, 0.1) is 0 Å². The van der Waals surface area contributed by atoms with Gasteiger partial charge in [0.2, 0.25) is 0 Å². The van der Waals surface area contributed by atoms with Crippen molar-refractivity contribution in [3.8, 4) is 0 Å². The molecule has 150 valence electrons. The van der Waals surface area contributed by atoms with Crippen molar-refractivity contribution in [2.24, 2.45) is 0 Å². The van der Waals surface area contributed by atoms with Gasteiger partial charge in [-0.2, -0.15) is 0 Å². The Balaban J connectivity index is 1.56. The van der Waals surface area contributed by atoms with Crippen LogP contribution in [0.5, 0.6) is 0 Å². The molecule has 0 spiro atoms. The Labute approximate surface area is 167 Å². The highest BCUT2D eigenvalue weighted by Crippen LogP contribution is 2.26. The highest BCUT2D eigenvalue weighted by atomic mass is 16.5. The van der Waals surface area contributed by atoms with E-state index in [1.165, 1.54) is 0 Å². The molecule has 0 aromatic heterocycles. The maximum atomic E-state index is 12.6. The van der Waals surface area contributed by atoms with Crippen molar-refractivity contribution in [1.29, 1.82) is 0 Å². The van der Waals surface area contributed by atoms with E-state index >= 15 is 0 Å². The average Bonchev–Trinajstić information content (AvgIpc) is 2.68. The number of hydrogen-bond donors (Lipinski definition) is 0. The van der Waals surface area contributed by atoms with Gasteiger partial charge in [0.15, 0.2) is 11.6 Å². The zero-order valence-electron chi connectivity index (χ0n) is 17.1. The Morgan fingerprint density at radius 1 is 1.18 bits per heavy atom. The first-order chi connectivity index (χ1) is 13.4. The fraction of sp³-hybridized carbons (Fsp3) is 0.500. The van der Waals surface area contributed by atoms with Gasteiger partial charge in [0.25, 0.3) is 0 Å². The Morgan fingerprint density at radius 2 is 1.86 bits per heavy atom. The number of rotatable bonds is 7. The van der Waals surface area contributed by atoms with Crippen LogP contribution in [0.15, 0.2) is 47.1 Å². The highest BCUT2D eigenvalue weighted by molar-refractivity contribution is 6.01. The summed E-state index contributed by atoms with van der Waals surface area (Å²) in [6.45, 7) is 7.50. The van der Waals surface area contributed by atoms with Crippen LogP contribution in [0.25, 0.3) is 0 Å². The van der Waals surface area contributed by atoms with E-state index in [-0.39, 0.29) is 23.8 Å². The number of carbonyl (C=O) groups is 2. The van der Waals surface area contributed by atoms with E-state index in [9.17, 15) is 9.59 Å². The van der Waals surface area contributed by atoms with Crippen LogP contribution in [0.2, 0.25) is 0 Å². The third-order valence-electron chi connectivity index (χ3n) is 5.58. The maximum absolute atomic E-state index is 12.6. The standard InChI is InChI=1S/C24H30O4/c1-16-14-17(2)22(24(26)15-16)8-9-23(25)20-6-4-19(5-7-20)18(3)28-21-10-12-27-13-11-21/h4-7,14,18,21H,8-13,15H2,1-3H3. The van der Waals surface area contributed by atoms with Crippen molar-refractivity contribution in [3.05, 3.63) is 58.2 Å². The van der Waals surface area contributed by atoms with Crippen molar-refractivity contribution in [2.75, 3.05) is 13.2 Å². The Morgan fingerprint density at radius 3 is 2.50 bits per heavy atom. The normalized spacial score (nSPS) is 19.5. The van der Waals surface area contributed by atoms with Gasteiger partial charge in [0, 0.05) is 31.6 Å². The Hall–Kier alpha value is -2.04. The van der Waals surface area contributed by atoms with Crippen LogP contribution in [-0.2, 0) is 14.3 Å². The van der Waals surface area contributed by atoms with Gasteiger partial charge in [0.1, 0.15) is 0 Å². The quantitative estimate of drug-likeness (QED) is 0.613. The van der Waals surface area contributed by atoms with E-state index in [1.807, 2.05) is 45.0 Å². The zero-order chi connectivity index (χ0) is 20.1. The van der Waals surface area contributed by atoms with Gasteiger partial charge in [0.05, 0.1) is 12.2 Å². The summed E-state index contributed by atoms with van der Waals surface area (Å²) in [7, 11) is 0. The molecule has 1 saturated heterocycles. The summed E-state index contributed by atoms with van der Waals surface area (Å²) in [5, 5.41) is 0. The van der Waals surface area contributed by atoms with Crippen molar-refractivity contribution in [3.63, 3.8) is 0 Å². The summed E-state index contributed by atoms with van der Waals surface area (Å²) in [4.78, 5) is 24.8. The number of ether oxygens (including phenoxy) is 2. The first kappa shape index (κ1) is 20.7. The third-order valence-corrected chi connectivity index (χ3v) is 5.58. The van der Waals surface area contributed by atoms with Crippen LogP contribution in [0.4, 0.5) is 0 Å². The molecule has 1 aromatic rings. The minimum atomic E-state index is -0.00468. The summed E-state index contributed by atoms with van der Waals surface area (Å²) >= 11 is 0. The molecule has 0 radical (unpaired) electrons. The molecule has 1 unspecified atom stereocenters. The van der Waals surface area contributed by atoms with Crippen LogP contribution in [0.3, 0.4) is 0 Å². The predicted octanol–water partition coefficient (Wildman–Crippen LogP) is 5.14. The van der Waals surface area contributed by atoms with Gasteiger partial charge in [-0.25, -0.2) is 0 Å². The van der Waals surface area contributed by atoms with Crippen molar-refractivity contribution >= 4 is 11.6 Å². The Kier molecular flexibility index (Phi) is 6.97. The second-order valence-corrected chi connectivity index (χ2v) is 7.89. The topological polar surface area (TPSA) is 52.6 Å². The molecule has 0 bridgehead atoms. The van der Waals surface area contributed by atoms with Gasteiger partial charge in [-0.1, -0.05) is 35.9 Å². The van der Waals surface area contributed by atoms with Gasteiger partial charge in [-0.15, -0.1) is 0 Å². The minimum absolute atomic E-state index is 0.00468. The predicted molar refractivity (Wildman–Crippen MR) is 109 cm³/mol. The molecule has 1 atom stereocenters. The first-order valence-electron chi connectivity index (χ1n) is 10.2. The molecule has 0 N–H and O–H groups in total. The zero-order valence-corrected chi connectivity index (χ0v) is 17.1. The molecule has 3 rings (SSSR count). The molecular weight excluding hydrogens is 352 g/mol. The molecule has 4 heteroatoms. The number of ketones is 2. The molecule has 0 saturated carbocycles. The van der Waals surface area contributed by atoms with Crippen LogP contribution in [-0.4, -0.2) is 30.9 Å². The van der Waals surface area contributed by atoms with E-state index in [0.717, 1.165) is 48.3 Å². The lowest BCUT2D eigenvalue weighted by molar-refractivity contribution is -0.115. The number of hydrogen-bond acceptors (Lipinski definition) is 4. The van der Waals surface area contributed by atoms with Crippen LogP contribution >= 0.6 is 0 Å². The number of carbonyl (C=O) groups excluding carboxylic acids is 2. The van der Waals surface area contributed by atoms with E-state index in [4.69, 9.17) is 9.47 Å². The average molecular weight is 383 g/mol. The fourth-order valence-electron chi connectivity index (χ4n) is 3.93. The second-order valence-electron chi connectivity index (χ2n) is 7.89. The van der Waals surface area contributed by atoms with Gasteiger partial charge < -0.3 is 9.47 Å². The van der Waals surface area contributed by atoms with E-state index in [1.54, 1.807) is 0 Å². The molecule has 28 heavy (non-hydrogen) atoms. The third kappa shape index (κ3) is 5.27. The maximum Gasteiger partial charge on any atom is 0.163 e. The number of allylic oxidation sites excluding steroid dienone is 4. The van der Waals surface area contributed by atoms with Crippen molar-refractivity contribution < 1.29 is 19.1 Å². The fourth-order valence-corrected chi connectivity index (χ4v) is 3.93. The lowest BCUT2D eigenvalue weighted by atomic mass is 9.89. The number of benzene rings is 1.